The highest BCUT2D eigenvalue weighted by Crippen LogP contribution is 2.18. The first-order chi connectivity index (χ1) is 7.81. The van der Waals surface area contributed by atoms with Gasteiger partial charge in [-0.3, -0.25) is 5.10 Å². The SMILES string of the molecule is N#Cc1c(F)cccc1NCc1ccn[nH]1. The van der Waals surface area contributed by atoms with Gasteiger partial charge in [-0.05, 0) is 18.2 Å². The van der Waals surface area contributed by atoms with Gasteiger partial charge in [0.05, 0.1) is 17.9 Å². The predicted molar refractivity (Wildman–Crippen MR) is 57.0 cm³/mol. The summed E-state index contributed by atoms with van der Waals surface area (Å²) in [5, 5.41) is 18.3. The maximum atomic E-state index is 13.2. The summed E-state index contributed by atoms with van der Waals surface area (Å²) in [4.78, 5) is 0. The average Bonchev–Trinajstić information content (AvgIpc) is 2.79. The number of benzene rings is 1. The van der Waals surface area contributed by atoms with Crippen LogP contribution in [0.15, 0.2) is 30.5 Å². The number of hydrogen-bond donors (Lipinski definition) is 2. The van der Waals surface area contributed by atoms with Crippen LogP contribution >= 0.6 is 0 Å². The van der Waals surface area contributed by atoms with Gasteiger partial charge in [0.15, 0.2) is 0 Å². The minimum Gasteiger partial charge on any atom is -0.378 e. The number of rotatable bonds is 3. The van der Waals surface area contributed by atoms with Crippen molar-refractivity contribution in [1.82, 2.24) is 10.2 Å². The van der Waals surface area contributed by atoms with Gasteiger partial charge in [-0.15, -0.1) is 0 Å². The Hall–Kier alpha value is -2.35. The number of aromatic amines is 1. The van der Waals surface area contributed by atoms with Crippen molar-refractivity contribution in [2.45, 2.75) is 6.54 Å². The van der Waals surface area contributed by atoms with Crippen LogP contribution in [0.3, 0.4) is 0 Å². The van der Waals surface area contributed by atoms with E-state index in [9.17, 15) is 4.39 Å². The van der Waals surface area contributed by atoms with Crippen LogP contribution in [0, 0.1) is 17.1 Å². The van der Waals surface area contributed by atoms with Crippen LogP contribution in [0.25, 0.3) is 0 Å². The molecule has 0 amide bonds. The van der Waals surface area contributed by atoms with Crippen molar-refractivity contribution in [3.63, 3.8) is 0 Å². The van der Waals surface area contributed by atoms with Gasteiger partial charge in [0.25, 0.3) is 0 Å². The number of anilines is 1. The molecule has 0 aliphatic carbocycles. The van der Waals surface area contributed by atoms with Crippen molar-refractivity contribution in [2.75, 3.05) is 5.32 Å². The van der Waals surface area contributed by atoms with Crippen molar-refractivity contribution in [1.29, 1.82) is 5.26 Å². The summed E-state index contributed by atoms with van der Waals surface area (Å²) >= 11 is 0. The molecular formula is C11H9FN4. The van der Waals surface area contributed by atoms with E-state index < -0.39 is 5.82 Å². The lowest BCUT2D eigenvalue weighted by Gasteiger charge is -2.06. The Balaban J connectivity index is 2.16. The number of nitriles is 1. The number of hydrogen-bond acceptors (Lipinski definition) is 3. The molecule has 0 aliphatic rings. The summed E-state index contributed by atoms with van der Waals surface area (Å²) in [7, 11) is 0. The summed E-state index contributed by atoms with van der Waals surface area (Å²) in [6, 6.07) is 8.12. The molecule has 4 nitrogen and oxygen atoms in total. The minimum absolute atomic E-state index is 0.0296. The molecule has 0 aliphatic heterocycles. The van der Waals surface area contributed by atoms with E-state index in [1.165, 1.54) is 6.07 Å². The second-order valence-electron chi connectivity index (χ2n) is 3.21. The Morgan fingerprint density at radius 1 is 1.44 bits per heavy atom. The first-order valence-corrected chi connectivity index (χ1v) is 4.72. The molecule has 2 N–H and O–H groups in total. The third kappa shape index (κ3) is 2.01. The van der Waals surface area contributed by atoms with Gasteiger partial charge in [0.2, 0.25) is 0 Å². The molecule has 1 heterocycles. The Morgan fingerprint density at radius 3 is 3.00 bits per heavy atom. The van der Waals surface area contributed by atoms with Gasteiger partial charge in [0, 0.05) is 6.20 Å². The Labute approximate surface area is 91.7 Å². The summed E-state index contributed by atoms with van der Waals surface area (Å²) in [6.07, 6.45) is 1.63. The molecule has 0 saturated carbocycles. The summed E-state index contributed by atoms with van der Waals surface area (Å²) in [6.45, 7) is 0.470. The Kier molecular flexibility index (Phi) is 2.83. The smallest absolute Gasteiger partial charge is 0.143 e. The van der Waals surface area contributed by atoms with Crippen LogP contribution in [0.4, 0.5) is 10.1 Å². The fourth-order valence-electron chi connectivity index (χ4n) is 1.36. The molecular weight excluding hydrogens is 207 g/mol. The third-order valence-corrected chi connectivity index (χ3v) is 2.15. The van der Waals surface area contributed by atoms with Crippen LogP contribution in [0.5, 0.6) is 0 Å². The van der Waals surface area contributed by atoms with Gasteiger partial charge >= 0.3 is 0 Å². The first kappa shape index (κ1) is 10.2. The molecule has 2 rings (SSSR count). The van der Waals surface area contributed by atoms with Crippen molar-refractivity contribution in [3.8, 4) is 6.07 Å². The van der Waals surface area contributed by atoms with Gasteiger partial charge < -0.3 is 5.32 Å². The normalized spacial score (nSPS) is 9.75. The maximum Gasteiger partial charge on any atom is 0.143 e. The topological polar surface area (TPSA) is 64.5 Å². The zero-order valence-corrected chi connectivity index (χ0v) is 8.37. The van der Waals surface area contributed by atoms with Crippen LogP contribution in [-0.2, 0) is 6.54 Å². The largest absolute Gasteiger partial charge is 0.378 e. The van der Waals surface area contributed by atoms with Gasteiger partial charge in [-0.1, -0.05) is 6.07 Å². The molecule has 0 radical (unpaired) electrons. The molecule has 0 unspecified atom stereocenters. The second-order valence-corrected chi connectivity index (χ2v) is 3.21. The lowest BCUT2D eigenvalue weighted by Crippen LogP contribution is -2.02. The van der Waals surface area contributed by atoms with E-state index in [1.54, 1.807) is 24.4 Å². The highest BCUT2D eigenvalue weighted by molar-refractivity contribution is 5.57. The van der Waals surface area contributed by atoms with E-state index in [1.807, 2.05) is 6.07 Å². The van der Waals surface area contributed by atoms with Crippen LogP contribution in [0.1, 0.15) is 11.3 Å². The van der Waals surface area contributed by atoms with Crippen molar-refractivity contribution >= 4 is 5.69 Å². The molecule has 2 aromatic rings. The lowest BCUT2D eigenvalue weighted by atomic mass is 10.2. The second kappa shape index (κ2) is 4.45. The standard InChI is InChI=1S/C11H9FN4/c12-10-2-1-3-11(9(10)6-13)14-7-8-4-5-15-16-8/h1-5,14H,7H2,(H,15,16). The van der Waals surface area contributed by atoms with Crippen molar-refractivity contribution < 1.29 is 4.39 Å². The van der Waals surface area contributed by atoms with E-state index in [0.29, 0.717) is 12.2 Å². The quantitative estimate of drug-likeness (QED) is 0.825. The first-order valence-electron chi connectivity index (χ1n) is 4.72. The van der Waals surface area contributed by atoms with E-state index in [0.717, 1.165) is 5.69 Å². The van der Waals surface area contributed by atoms with E-state index in [2.05, 4.69) is 15.5 Å². The molecule has 0 bridgehead atoms. The van der Waals surface area contributed by atoms with E-state index in [4.69, 9.17) is 5.26 Å². The lowest BCUT2D eigenvalue weighted by molar-refractivity contribution is 0.624. The third-order valence-electron chi connectivity index (χ3n) is 2.15. The van der Waals surface area contributed by atoms with Crippen LogP contribution in [-0.4, -0.2) is 10.2 Å². The van der Waals surface area contributed by atoms with Gasteiger partial charge in [-0.2, -0.15) is 10.4 Å². The maximum absolute atomic E-state index is 13.2. The monoisotopic (exact) mass is 216 g/mol. The highest BCUT2D eigenvalue weighted by Gasteiger charge is 2.06. The van der Waals surface area contributed by atoms with Crippen LogP contribution in [0.2, 0.25) is 0 Å². The van der Waals surface area contributed by atoms with Crippen molar-refractivity contribution in [2.24, 2.45) is 0 Å². The summed E-state index contributed by atoms with van der Waals surface area (Å²) in [5.41, 5.74) is 1.38. The number of H-pyrrole nitrogens is 1. The molecule has 16 heavy (non-hydrogen) atoms. The number of aromatic nitrogens is 2. The van der Waals surface area contributed by atoms with Gasteiger partial charge in [0.1, 0.15) is 17.4 Å². The molecule has 1 aromatic heterocycles. The molecule has 0 atom stereocenters. The highest BCUT2D eigenvalue weighted by atomic mass is 19.1. The van der Waals surface area contributed by atoms with Crippen molar-refractivity contribution in [3.05, 3.63) is 47.5 Å². The van der Waals surface area contributed by atoms with E-state index in [-0.39, 0.29) is 5.56 Å². The molecule has 80 valence electrons. The molecule has 5 heteroatoms. The number of halogens is 1. The molecule has 0 fully saturated rings. The van der Waals surface area contributed by atoms with E-state index >= 15 is 0 Å². The zero-order valence-electron chi connectivity index (χ0n) is 8.37. The Bertz CT molecular complexity index is 513. The fourth-order valence-corrected chi connectivity index (χ4v) is 1.36. The molecule has 1 aromatic carbocycles. The molecule has 0 saturated heterocycles. The minimum atomic E-state index is -0.517. The summed E-state index contributed by atoms with van der Waals surface area (Å²) < 4.78 is 13.2. The van der Waals surface area contributed by atoms with Gasteiger partial charge in [-0.25, -0.2) is 4.39 Å². The molecule has 0 spiro atoms. The number of nitrogens with one attached hydrogen (secondary N) is 2. The average molecular weight is 216 g/mol. The Morgan fingerprint density at radius 2 is 2.31 bits per heavy atom. The van der Waals surface area contributed by atoms with Crippen LogP contribution < -0.4 is 5.32 Å². The summed E-state index contributed by atoms with van der Waals surface area (Å²) in [5.74, 6) is -0.517. The zero-order chi connectivity index (χ0) is 11.4. The number of nitrogens with zero attached hydrogens (tertiary/aromatic N) is 2. The fraction of sp³-hybridized carbons (Fsp3) is 0.0909. The predicted octanol–water partition coefficient (Wildman–Crippen LogP) is 2.03.